The highest BCUT2D eigenvalue weighted by Crippen LogP contribution is 1.88. The number of carboxylic acids is 1. The van der Waals surface area contributed by atoms with Crippen molar-refractivity contribution in [2.24, 2.45) is 0 Å². The monoisotopic (exact) mass is 195 g/mol. The first kappa shape index (κ1) is 10.7. The smallest absolute Gasteiger partial charge is 0.326 e. The number of alkyl halides is 1. The summed E-state index contributed by atoms with van der Waals surface area (Å²) in [5.74, 6) is -0.298. The van der Waals surface area contributed by atoms with E-state index in [1.54, 1.807) is 6.08 Å². The van der Waals surface area contributed by atoms with Crippen LogP contribution in [0.1, 0.15) is 0 Å². The molecule has 0 radical (unpaired) electrons. The highest BCUT2D eigenvalue weighted by molar-refractivity contribution is 7.80. The normalized spacial score (nSPS) is 13.3. The number of hydrogen-bond donors (Lipinski definition) is 3. The number of thiol groups is 1. The van der Waals surface area contributed by atoms with E-state index in [0.717, 1.165) is 0 Å². The van der Waals surface area contributed by atoms with E-state index >= 15 is 0 Å². The zero-order chi connectivity index (χ0) is 8.69. The molecule has 0 amide bonds. The minimum absolute atomic E-state index is 0.252. The molecule has 0 aliphatic rings. The van der Waals surface area contributed by atoms with Crippen molar-refractivity contribution < 1.29 is 9.90 Å². The van der Waals surface area contributed by atoms with E-state index in [1.807, 2.05) is 0 Å². The summed E-state index contributed by atoms with van der Waals surface area (Å²) >= 11 is 9.16. The van der Waals surface area contributed by atoms with Crippen LogP contribution in [0.5, 0.6) is 0 Å². The lowest BCUT2D eigenvalue weighted by molar-refractivity contribution is -0.138. The quantitative estimate of drug-likeness (QED) is 0.448. The molecule has 0 bridgehead atoms. The summed E-state index contributed by atoms with van der Waals surface area (Å²) in [7, 11) is 0. The molecular formula is C6H10ClNO2S. The van der Waals surface area contributed by atoms with Gasteiger partial charge in [-0.15, -0.1) is 11.6 Å². The number of rotatable bonds is 5. The topological polar surface area (TPSA) is 49.3 Å². The van der Waals surface area contributed by atoms with Crippen molar-refractivity contribution in [2.75, 3.05) is 11.6 Å². The molecule has 5 heteroatoms. The molecule has 0 aliphatic heterocycles. The van der Waals surface area contributed by atoms with E-state index in [4.69, 9.17) is 16.7 Å². The van der Waals surface area contributed by atoms with Gasteiger partial charge in [-0.25, -0.2) is 4.79 Å². The maximum Gasteiger partial charge on any atom is 0.326 e. The summed E-state index contributed by atoms with van der Waals surface area (Å²) in [5, 5.41) is 11.1. The van der Waals surface area contributed by atoms with Gasteiger partial charge in [0, 0.05) is 11.6 Å². The molecule has 0 unspecified atom stereocenters. The predicted octanol–water partition coefficient (Wildman–Crippen LogP) is 0.712. The molecule has 0 rings (SSSR count). The number of nitrogens with one attached hydrogen (secondary N) is 1. The Kier molecular flexibility index (Phi) is 6.16. The molecule has 0 aromatic heterocycles. The van der Waals surface area contributed by atoms with Crippen LogP contribution in [0.2, 0.25) is 0 Å². The zero-order valence-electron chi connectivity index (χ0n) is 5.83. The van der Waals surface area contributed by atoms with Crippen molar-refractivity contribution in [3.8, 4) is 0 Å². The van der Waals surface area contributed by atoms with Gasteiger partial charge in [0.25, 0.3) is 0 Å². The summed E-state index contributed by atoms with van der Waals surface area (Å²) in [6, 6.07) is -0.641. The molecule has 3 nitrogen and oxygen atoms in total. The Labute approximate surface area is 75.8 Å². The summed E-state index contributed by atoms with van der Waals surface area (Å²) in [6.07, 6.45) is 3.14. The molecule has 0 saturated heterocycles. The SMILES string of the molecule is O=C(O)[C@@H](CS)N/C=C/CCl. The number of aliphatic carboxylic acids is 1. The zero-order valence-corrected chi connectivity index (χ0v) is 7.48. The van der Waals surface area contributed by atoms with Gasteiger partial charge < -0.3 is 10.4 Å². The average molecular weight is 196 g/mol. The second kappa shape index (κ2) is 6.37. The third kappa shape index (κ3) is 4.98. The van der Waals surface area contributed by atoms with Gasteiger partial charge in [-0.2, -0.15) is 12.6 Å². The standard InChI is InChI=1S/C6H10ClNO2S/c7-2-1-3-8-5(4-11)6(9)10/h1,3,5,8,11H,2,4H2,(H,9,10)/b3-1+/t5-/m1/s1. The fraction of sp³-hybridized carbons (Fsp3) is 0.500. The molecule has 0 heterocycles. The van der Waals surface area contributed by atoms with Crippen LogP contribution < -0.4 is 5.32 Å². The van der Waals surface area contributed by atoms with Crippen LogP contribution in [0.3, 0.4) is 0 Å². The molecule has 0 aromatic rings. The minimum Gasteiger partial charge on any atom is -0.480 e. The van der Waals surface area contributed by atoms with Gasteiger partial charge in [0.2, 0.25) is 0 Å². The number of allylic oxidation sites excluding steroid dienone is 1. The first-order valence-corrected chi connectivity index (χ1v) is 4.19. The fourth-order valence-electron chi connectivity index (χ4n) is 0.431. The lowest BCUT2D eigenvalue weighted by Crippen LogP contribution is -2.34. The molecule has 0 fully saturated rings. The van der Waals surface area contributed by atoms with Crippen LogP contribution in [0, 0.1) is 0 Å². The second-order valence-corrected chi connectivity index (χ2v) is 2.47. The number of hydrogen-bond acceptors (Lipinski definition) is 3. The fourth-order valence-corrected chi connectivity index (χ4v) is 0.782. The van der Waals surface area contributed by atoms with E-state index < -0.39 is 12.0 Å². The maximum absolute atomic E-state index is 10.3. The Bertz CT molecular complexity index is 152. The van der Waals surface area contributed by atoms with Crippen LogP contribution in [-0.4, -0.2) is 28.8 Å². The third-order valence-corrected chi connectivity index (χ3v) is 1.53. The van der Waals surface area contributed by atoms with Gasteiger partial charge in [0.05, 0.1) is 0 Å². The van der Waals surface area contributed by atoms with Gasteiger partial charge in [-0.05, 0) is 6.20 Å². The van der Waals surface area contributed by atoms with E-state index in [-0.39, 0.29) is 5.75 Å². The minimum atomic E-state index is -0.917. The molecule has 1 atom stereocenters. The highest BCUT2D eigenvalue weighted by Gasteiger charge is 2.11. The van der Waals surface area contributed by atoms with Crippen molar-refractivity contribution in [2.45, 2.75) is 6.04 Å². The van der Waals surface area contributed by atoms with Gasteiger partial charge >= 0.3 is 5.97 Å². The molecule has 0 aliphatic carbocycles. The van der Waals surface area contributed by atoms with Crippen LogP contribution >= 0.6 is 24.2 Å². The largest absolute Gasteiger partial charge is 0.480 e. The van der Waals surface area contributed by atoms with Gasteiger partial charge in [0.15, 0.2) is 0 Å². The Balaban J connectivity index is 3.69. The Morgan fingerprint density at radius 1 is 1.82 bits per heavy atom. The van der Waals surface area contributed by atoms with Gasteiger partial charge in [-0.3, -0.25) is 0 Å². The van der Waals surface area contributed by atoms with Crippen molar-refractivity contribution in [3.63, 3.8) is 0 Å². The summed E-state index contributed by atoms with van der Waals surface area (Å²) in [4.78, 5) is 10.3. The van der Waals surface area contributed by atoms with E-state index in [2.05, 4.69) is 17.9 Å². The number of carboxylic acid groups (broad SMARTS) is 1. The molecule has 2 N–H and O–H groups in total. The number of carbonyl (C=O) groups is 1. The van der Waals surface area contributed by atoms with E-state index in [0.29, 0.717) is 5.88 Å². The Morgan fingerprint density at radius 3 is 2.82 bits per heavy atom. The van der Waals surface area contributed by atoms with Gasteiger partial charge in [0.1, 0.15) is 6.04 Å². The van der Waals surface area contributed by atoms with Crippen molar-refractivity contribution in [1.29, 1.82) is 0 Å². The summed E-state index contributed by atoms with van der Waals surface area (Å²) in [5.41, 5.74) is 0. The van der Waals surface area contributed by atoms with Crippen molar-refractivity contribution in [3.05, 3.63) is 12.3 Å². The third-order valence-electron chi connectivity index (χ3n) is 0.985. The Hall–Kier alpha value is -0.350. The second-order valence-electron chi connectivity index (χ2n) is 1.80. The van der Waals surface area contributed by atoms with Crippen molar-refractivity contribution >= 4 is 30.2 Å². The molecular weight excluding hydrogens is 186 g/mol. The molecule has 0 saturated carbocycles. The number of halogens is 1. The van der Waals surface area contributed by atoms with Crippen LogP contribution in [0.25, 0.3) is 0 Å². The van der Waals surface area contributed by atoms with E-state index in [1.165, 1.54) is 6.20 Å². The van der Waals surface area contributed by atoms with Gasteiger partial charge in [-0.1, -0.05) is 6.08 Å². The van der Waals surface area contributed by atoms with Crippen LogP contribution in [0.4, 0.5) is 0 Å². The van der Waals surface area contributed by atoms with Crippen molar-refractivity contribution in [1.82, 2.24) is 5.32 Å². The van der Waals surface area contributed by atoms with Crippen LogP contribution in [-0.2, 0) is 4.79 Å². The molecule has 0 aromatic carbocycles. The van der Waals surface area contributed by atoms with Crippen LogP contribution in [0.15, 0.2) is 12.3 Å². The van der Waals surface area contributed by atoms with E-state index in [9.17, 15) is 4.79 Å². The predicted molar refractivity (Wildman–Crippen MR) is 48.3 cm³/mol. The maximum atomic E-state index is 10.3. The molecule has 64 valence electrons. The lowest BCUT2D eigenvalue weighted by atomic mass is 10.3. The molecule has 0 spiro atoms. The first-order valence-electron chi connectivity index (χ1n) is 3.03. The highest BCUT2D eigenvalue weighted by atomic mass is 35.5. The first-order chi connectivity index (χ1) is 5.22. The lowest BCUT2D eigenvalue weighted by Gasteiger charge is -2.07. The average Bonchev–Trinajstić information content (AvgIpc) is 1.97. The summed E-state index contributed by atoms with van der Waals surface area (Å²) in [6.45, 7) is 0. The Morgan fingerprint density at radius 2 is 2.45 bits per heavy atom. The molecule has 11 heavy (non-hydrogen) atoms. The summed E-state index contributed by atoms with van der Waals surface area (Å²) < 4.78 is 0.